The van der Waals surface area contributed by atoms with Crippen LogP contribution in [0.4, 0.5) is 0 Å². The Labute approximate surface area is 81.6 Å². The van der Waals surface area contributed by atoms with Crippen LogP contribution in [0.25, 0.3) is 0 Å². The van der Waals surface area contributed by atoms with Crippen molar-refractivity contribution in [1.29, 1.82) is 0 Å². The van der Waals surface area contributed by atoms with Crippen molar-refractivity contribution in [3.8, 4) is 0 Å². The van der Waals surface area contributed by atoms with Crippen molar-refractivity contribution >= 4 is 9.84 Å². The lowest BCUT2D eigenvalue weighted by molar-refractivity contribution is 0.515. The normalized spacial score (nSPS) is 14.8. The molecule has 0 spiro atoms. The van der Waals surface area contributed by atoms with Gasteiger partial charge in [0.05, 0.1) is 11.5 Å². The van der Waals surface area contributed by atoms with Gasteiger partial charge in [-0.15, -0.1) is 0 Å². The first kappa shape index (κ1) is 12.9. The van der Waals surface area contributed by atoms with Crippen LogP contribution in [-0.2, 0) is 9.84 Å². The predicted octanol–water partition coefficient (Wildman–Crippen LogP) is 1.18. The third-order valence-corrected chi connectivity index (χ3v) is 3.92. The van der Waals surface area contributed by atoms with Gasteiger partial charge in [-0.25, -0.2) is 8.42 Å². The van der Waals surface area contributed by atoms with Crippen LogP contribution in [0.3, 0.4) is 0 Å². The Morgan fingerprint density at radius 2 is 1.85 bits per heavy atom. The maximum atomic E-state index is 11.4. The molecule has 0 amide bonds. The lowest BCUT2D eigenvalue weighted by Gasteiger charge is -2.15. The maximum Gasteiger partial charge on any atom is 0.151 e. The molecule has 0 aromatic heterocycles. The first-order chi connectivity index (χ1) is 5.89. The van der Waals surface area contributed by atoms with Gasteiger partial charge in [0.2, 0.25) is 0 Å². The average molecular weight is 207 g/mol. The van der Waals surface area contributed by atoms with Gasteiger partial charge in [-0.3, -0.25) is 0 Å². The summed E-state index contributed by atoms with van der Waals surface area (Å²) in [5, 5.41) is 0. The predicted molar refractivity (Wildman–Crippen MR) is 56.4 cm³/mol. The number of rotatable bonds is 6. The van der Waals surface area contributed by atoms with Crippen LogP contribution in [0.2, 0.25) is 0 Å². The Morgan fingerprint density at radius 3 is 2.23 bits per heavy atom. The van der Waals surface area contributed by atoms with Crippen LogP contribution in [0, 0.1) is 5.92 Å². The summed E-state index contributed by atoms with van der Waals surface area (Å²) in [6, 6.07) is -0.221. The zero-order valence-electron chi connectivity index (χ0n) is 8.79. The minimum Gasteiger partial charge on any atom is -0.327 e. The van der Waals surface area contributed by atoms with Crippen LogP contribution >= 0.6 is 0 Å². The zero-order valence-corrected chi connectivity index (χ0v) is 9.60. The molecule has 2 N–H and O–H groups in total. The topological polar surface area (TPSA) is 60.2 Å². The van der Waals surface area contributed by atoms with Crippen molar-refractivity contribution in [2.75, 3.05) is 11.5 Å². The van der Waals surface area contributed by atoms with Gasteiger partial charge in [-0.05, 0) is 12.3 Å². The lowest BCUT2D eigenvalue weighted by Crippen LogP contribution is -2.35. The molecule has 3 nitrogen and oxygen atoms in total. The molecule has 0 rings (SSSR count). The van der Waals surface area contributed by atoms with Crippen molar-refractivity contribution in [1.82, 2.24) is 0 Å². The lowest BCUT2D eigenvalue weighted by atomic mass is 10.1. The SMILES string of the molecule is CCCCS(=O)(=O)CC(N)C(C)C. The van der Waals surface area contributed by atoms with E-state index in [1.165, 1.54) is 0 Å². The quantitative estimate of drug-likeness (QED) is 0.711. The van der Waals surface area contributed by atoms with Gasteiger partial charge in [0.15, 0.2) is 9.84 Å². The number of sulfone groups is 1. The molecule has 0 radical (unpaired) electrons. The molecule has 0 saturated heterocycles. The molecule has 4 heteroatoms. The number of hydrogen-bond acceptors (Lipinski definition) is 3. The van der Waals surface area contributed by atoms with Crippen molar-refractivity contribution in [3.63, 3.8) is 0 Å². The second-order valence-corrected chi connectivity index (χ2v) is 6.10. The van der Waals surface area contributed by atoms with Crippen molar-refractivity contribution in [2.24, 2.45) is 11.7 Å². The fraction of sp³-hybridized carbons (Fsp3) is 1.00. The Hall–Kier alpha value is -0.0900. The smallest absolute Gasteiger partial charge is 0.151 e. The van der Waals surface area contributed by atoms with Crippen molar-refractivity contribution in [3.05, 3.63) is 0 Å². The van der Waals surface area contributed by atoms with E-state index in [-0.39, 0.29) is 23.5 Å². The molecule has 1 unspecified atom stereocenters. The third kappa shape index (κ3) is 6.05. The Kier molecular flexibility index (Phi) is 5.56. The fourth-order valence-electron chi connectivity index (χ4n) is 0.933. The summed E-state index contributed by atoms with van der Waals surface area (Å²) in [7, 11) is -2.91. The maximum absolute atomic E-state index is 11.4. The highest BCUT2D eigenvalue weighted by Gasteiger charge is 2.17. The Balaban J connectivity index is 4.02. The van der Waals surface area contributed by atoms with Gasteiger partial charge in [-0.2, -0.15) is 0 Å². The second kappa shape index (κ2) is 5.60. The highest BCUT2D eigenvalue weighted by molar-refractivity contribution is 7.91. The summed E-state index contributed by atoms with van der Waals surface area (Å²) in [5.41, 5.74) is 5.70. The molecule has 0 aliphatic carbocycles. The summed E-state index contributed by atoms with van der Waals surface area (Å²) >= 11 is 0. The molecule has 0 fully saturated rings. The molecular weight excluding hydrogens is 186 g/mol. The van der Waals surface area contributed by atoms with Crippen LogP contribution in [0.5, 0.6) is 0 Å². The van der Waals surface area contributed by atoms with Gasteiger partial charge in [-0.1, -0.05) is 27.2 Å². The van der Waals surface area contributed by atoms with E-state index in [4.69, 9.17) is 5.73 Å². The van der Waals surface area contributed by atoms with E-state index < -0.39 is 9.84 Å². The monoisotopic (exact) mass is 207 g/mol. The molecule has 0 saturated carbocycles. The summed E-state index contributed by atoms with van der Waals surface area (Å²) in [4.78, 5) is 0. The minimum absolute atomic E-state index is 0.130. The highest BCUT2D eigenvalue weighted by atomic mass is 32.2. The number of nitrogens with two attached hydrogens (primary N) is 1. The highest BCUT2D eigenvalue weighted by Crippen LogP contribution is 2.04. The second-order valence-electron chi connectivity index (χ2n) is 3.88. The van der Waals surface area contributed by atoms with E-state index in [9.17, 15) is 8.42 Å². The first-order valence-corrected chi connectivity index (χ1v) is 6.67. The Bertz CT molecular complexity index is 222. The molecule has 0 heterocycles. The Morgan fingerprint density at radius 1 is 1.31 bits per heavy atom. The van der Waals surface area contributed by atoms with E-state index in [0.29, 0.717) is 0 Å². The molecule has 0 aromatic rings. The molecule has 1 atom stereocenters. The zero-order chi connectivity index (χ0) is 10.5. The fourth-order valence-corrected chi connectivity index (χ4v) is 2.80. The summed E-state index contributed by atoms with van der Waals surface area (Å²) < 4.78 is 22.8. The third-order valence-electron chi connectivity index (χ3n) is 2.11. The average Bonchev–Trinajstić information content (AvgIpc) is 2.00. The van der Waals surface area contributed by atoms with Crippen LogP contribution < -0.4 is 5.73 Å². The van der Waals surface area contributed by atoms with Crippen LogP contribution in [0.1, 0.15) is 33.6 Å². The molecule has 0 aliphatic heterocycles. The van der Waals surface area contributed by atoms with Crippen LogP contribution in [-0.4, -0.2) is 26.0 Å². The van der Waals surface area contributed by atoms with Gasteiger partial charge < -0.3 is 5.73 Å². The van der Waals surface area contributed by atoms with Gasteiger partial charge in [0.1, 0.15) is 0 Å². The first-order valence-electron chi connectivity index (χ1n) is 4.85. The summed E-state index contributed by atoms with van der Waals surface area (Å²) in [5.74, 6) is 0.644. The van der Waals surface area contributed by atoms with Crippen molar-refractivity contribution < 1.29 is 8.42 Å². The molecular formula is C9H21NO2S. The van der Waals surface area contributed by atoms with E-state index in [0.717, 1.165) is 12.8 Å². The summed E-state index contributed by atoms with van der Waals surface area (Å²) in [6.45, 7) is 5.87. The standard InChI is InChI=1S/C9H21NO2S/c1-4-5-6-13(11,12)7-9(10)8(2)3/h8-9H,4-7,10H2,1-3H3. The molecule has 0 bridgehead atoms. The van der Waals surface area contributed by atoms with Crippen LogP contribution in [0.15, 0.2) is 0 Å². The molecule has 80 valence electrons. The van der Waals surface area contributed by atoms with E-state index in [1.54, 1.807) is 0 Å². The number of hydrogen-bond donors (Lipinski definition) is 1. The van der Waals surface area contributed by atoms with E-state index >= 15 is 0 Å². The molecule has 0 aliphatic rings. The van der Waals surface area contributed by atoms with Gasteiger partial charge in [0.25, 0.3) is 0 Å². The van der Waals surface area contributed by atoms with Gasteiger partial charge in [0, 0.05) is 6.04 Å². The van der Waals surface area contributed by atoms with E-state index in [1.807, 2.05) is 20.8 Å². The van der Waals surface area contributed by atoms with Crippen molar-refractivity contribution in [2.45, 2.75) is 39.7 Å². The molecule has 0 aromatic carbocycles. The number of unbranched alkanes of at least 4 members (excludes halogenated alkanes) is 1. The molecule has 13 heavy (non-hydrogen) atoms. The van der Waals surface area contributed by atoms with Gasteiger partial charge >= 0.3 is 0 Å². The largest absolute Gasteiger partial charge is 0.327 e. The minimum atomic E-state index is -2.91. The van der Waals surface area contributed by atoms with E-state index in [2.05, 4.69) is 0 Å². The summed E-state index contributed by atoms with van der Waals surface area (Å²) in [6.07, 6.45) is 1.66.